The third-order valence-corrected chi connectivity index (χ3v) is 2.40. The van der Waals surface area contributed by atoms with Crippen LogP contribution in [0.2, 0.25) is 0 Å². The molecule has 0 unspecified atom stereocenters. The molecule has 6 heteroatoms. The summed E-state index contributed by atoms with van der Waals surface area (Å²) in [6.45, 7) is 0.640. The Kier molecular flexibility index (Phi) is 8.27. The summed E-state index contributed by atoms with van der Waals surface area (Å²) >= 11 is 0. The summed E-state index contributed by atoms with van der Waals surface area (Å²) in [5.41, 5.74) is 1.05. The van der Waals surface area contributed by atoms with Crippen molar-refractivity contribution in [1.82, 2.24) is 10.6 Å². The lowest BCUT2D eigenvalue weighted by Gasteiger charge is -2.12. The highest BCUT2D eigenvalue weighted by Crippen LogP contribution is 2.24. The zero-order valence-corrected chi connectivity index (χ0v) is 13.4. The van der Waals surface area contributed by atoms with Crippen LogP contribution in [0.3, 0.4) is 0 Å². The van der Waals surface area contributed by atoms with Crippen molar-refractivity contribution in [3.63, 3.8) is 0 Å². The molecule has 0 spiro atoms. The van der Waals surface area contributed by atoms with Crippen LogP contribution in [0.4, 0.5) is 0 Å². The van der Waals surface area contributed by atoms with Gasteiger partial charge in [0.1, 0.15) is 11.5 Å². The SMILES string of the molecule is CN=C(NC)NCc1ccc(OC)cc1OC.I. The van der Waals surface area contributed by atoms with Gasteiger partial charge < -0.3 is 20.1 Å². The maximum Gasteiger partial charge on any atom is 0.190 e. The molecule has 2 N–H and O–H groups in total. The molecular weight excluding hydrogens is 345 g/mol. The minimum absolute atomic E-state index is 0. The van der Waals surface area contributed by atoms with E-state index in [4.69, 9.17) is 9.47 Å². The van der Waals surface area contributed by atoms with Crippen LogP contribution in [0.5, 0.6) is 11.5 Å². The highest BCUT2D eigenvalue weighted by Gasteiger charge is 2.05. The average molecular weight is 365 g/mol. The van der Waals surface area contributed by atoms with Gasteiger partial charge in [0, 0.05) is 32.3 Å². The second-order valence-electron chi connectivity index (χ2n) is 3.35. The second kappa shape index (κ2) is 8.84. The molecule has 0 aliphatic heterocycles. The number of aliphatic imine (C=N–C) groups is 1. The number of hydrogen-bond acceptors (Lipinski definition) is 3. The van der Waals surface area contributed by atoms with Gasteiger partial charge in [0.25, 0.3) is 0 Å². The van der Waals surface area contributed by atoms with E-state index in [0.29, 0.717) is 6.54 Å². The van der Waals surface area contributed by atoms with E-state index in [1.54, 1.807) is 21.3 Å². The van der Waals surface area contributed by atoms with Crippen molar-refractivity contribution in [3.05, 3.63) is 23.8 Å². The molecule has 0 aromatic heterocycles. The fourth-order valence-electron chi connectivity index (χ4n) is 1.46. The molecular formula is C12H20IN3O2. The van der Waals surface area contributed by atoms with Crippen molar-refractivity contribution in [2.24, 2.45) is 4.99 Å². The highest BCUT2D eigenvalue weighted by atomic mass is 127. The van der Waals surface area contributed by atoms with E-state index >= 15 is 0 Å². The van der Waals surface area contributed by atoms with E-state index in [0.717, 1.165) is 23.0 Å². The van der Waals surface area contributed by atoms with Crippen molar-refractivity contribution in [1.29, 1.82) is 0 Å². The molecule has 0 radical (unpaired) electrons. The smallest absolute Gasteiger partial charge is 0.190 e. The molecule has 0 bridgehead atoms. The number of nitrogens with one attached hydrogen (secondary N) is 2. The fourth-order valence-corrected chi connectivity index (χ4v) is 1.46. The van der Waals surface area contributed by atoms with E-state index < -0.39 is 0 Å². The zero-order valence-electron chi connectivity index (χ0n) is 11.1. The quantitative estimate of drug-likeness (QED) is 0.484. The predicted molar refractivity (Wildman–Crippen MR) is 84.2 cm³/mol. The van der Waals surface area contributed by atoms with Crippen LogP contribution in [0.25, 0.3) is 0 Å². The van der Waals surface area contributed by atoms with Crippen LogP contribution < -0.4 is 20.1 Å². The van der Waals surface area contributed by atoms with Crippen molar-refractivity contribution >= 4 is 29.9 Å². The van der Waals surface area contributed by atoms with Crippen LogP contribution in [0, 0.1) is 0 Å². The summed E-state index contributed by atoms with van der Waals surface area (Å²) in [5.74, 6) is 2.31. The Balaban J connectivity index is 0.00000289. The Morgan fingerprint density at radius 2 is 2.00 bits per heavy atom. The van der Waals surface area contributed by atoms with Crippen LogP contribution in [0.1, 0.15) is 5.56 Å². The van der Waals surface area contributed by atoms with Gasteiger partial charge in [0.15, 0.2) is 5.96 Å². The van der Waals surface area contributed by atoms with Gasteiger partial charge in [0.2, 0.25) is 0 Å². The molecule has 1 rings (SSSR count). The first-order valence-electron chi connectivity index (χ1n) is 5.34. The molecule has 102 valence electrons. The number of methoxy groups -OCH3 is 2. The molecule has 0 atom stereocenters. The van der Waals surface area contributed by atoms with E-state index in [9.17, 15) is 0 Å². The molecule has 0 aliphatic carbocycles. The molecule has 0 heterocycles. The molecule has 0 fully saturated rings. The molecule has 1 aromatic rings. The lowest BCUT2D eigenvalue weighted by molar-refractivity contribution is 0.390. The molecule has 18 heavy (non-hydrogen) atoms. The van der Waals surface area contributed by atoms with Crippen LogP contribution in [-0.2, 0) is 6.54 Å². The normalized spacial score (nSPS) is 10.3. The Morgan fingerprint density at radius 3 is 2.50 bits per heavy atom. The van der Waals surface area contributed by atoms with Gasteiger partial charge in [-0.15, -0.1) is 24.0 Å². The fraction of sp³-hybridized carbons (Fsp3) is 0.417. The van der Waals surface area contributed by atoms with E-state index in [1.165, 1.54) is 0 Å². The van der Waals surface area contributed by atoms with Gasteiger partial charge in [-0.1, -0.05) is 0 Å². The number of nitrogens with zero attached hydrogens (tertiary/aromatic N) is 1. The first-order valence-corrected chi connectivity index (χ1v) is 5.34. The van der Waals surface area contributed by atoms with Crippen molar-refractivity contribution < 1.29 is 9.47 Å². The number of benzene rings is 1. The molecule has 0 amide bonds. The van der Waals surface area contributed by atoms with Gasteiger partial charge >= 0.3 is 0 Å². The van der Waals surface area contributed by atoms with Gasteiger partial charge in [-0.2, -0.15) is 0 Å². The third-order valence-electron chi connectivity index (χ3n) is 2.40. The standard InChI is InChI=1S/C12H19N3O2.HI/c1-13-12(14-2)15-8-9-5-6-10(16-3)7-11(9)17-4;/h5-7H,8H2,1-4H3,(H2,13,14,15);1H. The average Bonchev–Trinajstić information content (AvgIpc) is 2.39. The molecule has 5 nitrogen and oxygen atoms in total. The number of guanidine groups is 1. The summed E-state index contributed by atoms with van der Waals surface area (Å²) in [7, 11) is 6.82. The first-order chi connectivity index (χ1) is 8.24. The van der Waals surface area contributed by atoms with Crippen molar-refractivity contribution in [3.8, 4) is 11.5 Å². The van der Waals surface area contributed by atoms with E-state index in [2.05, 4.69) is 15.6 Å². The summed E-state index contributed by atoms with van der Waals surface area (Å²) in [6, 6.07) is 5.73. The topological polar surface area (TPSA) is 54.9 Å². The van der Waals surface area contributed by atoms with Gasteiger partial charge in [0.05, 0.1) is 14.2 Å². The molecule has 0 saturated carbocycles. The maximum atomic E-state index is 5.31. The van der Waals surface area contributed by atoms with Gasteiger partial charge in [-0.05, 0) is 12.1 Å². The van der Waals surface area contributed by atoms with E-state index in [1.807, 2.05) is 25.2 Å². The minimum atomic E-state index is 0. The number of rotatable bonds is 4. The van der Waals surface area contributed by atoms with E-state index in [-0.39, 0.29) is 24.0 Å². The molecule has 1 aromatic carbocycles. The van der Waals surface area contributed by atoms with Crippen molar-refractivity contribution in [2.45, 2.75) is 6.54 Å². The Labute approximate surface area is 125 Å². The van der Waals surface area contributed by atoms with Gasteiger partial charge in [-0.25, -0.2) is 0 Å². The summed E-state index contributed by atoms with van der Waals surface area (Å²) in [4.78, 5) is 4.04. The first kappa shape index (κ1) is 16.8. The highest BCUT2D eigenvalue weighted by molar-refractivity contribution is 14.0. The van der Waals surface area contributed by atoms with Crippen LogP contribution in [-0.4, -0.2) is 34.3 Å². The number of ether oxygens (including phenoxy) is 2. The Hall–Kier alpha value is -1.18. The molecule has 0 aliphatic rings. The Bertz CT molecular complexity index is 397. The predicted octanol–water partition coefficient (Wildman–Crippen LogP) is 1.62. The lowest BCUT2D eigenvalue weighted by atomic mass is 10.2. The third kappa shape index (κ3) is 4.59. The van der Waals surface area contributed by atoms with Crippen LogP contribution in [0.15, 0.2) is 23.2 Å². The molecule has 0 saturated heterocycles. The summed E-state index contributed by atoms with van der Waals surface area (Å²) in [5, 5.41) is 6.12. The largest absolute Gasteiger partial charge is 0.497 e. The zero-order chi connectivity index (χ0) is 12.7. The number of halogens is 1. The van der Waals surface area contributed by atoms with Crippen molar-refractivity contribution in [2.75, 3.05) is 28.3 Å². The second-order valence-corrected chi connectivity index (χ2v) is 3.35. The number of hydrogen-bond donors (Lipinski definition) is 2. The lowest BCUT2D eigenvalue weighted by Crippen LogP contribution is -2.34. The Morgan fingerprint density at radius 1 is 1.28 bits per heavy atom. The maximum absolute atomic E-state index is 5.31. The van der Waals surface area contributed by atoms with Crippen LogP contribution >= 0.6 is 24.0 Å². The monoisotopic (exact) mass is 365 g/mol. The summed E-state index contributed by atoms with van der Waals surface area (Å²) in [6.07, 6.45) is 0. The van der Waals surface area contributed by atoms with Gasteiger partial charge in [-0.3, -0.25) is 4.99 Å². The summed E-state index contributed by atoms with van der Waals surface area (Å²) < 4.78 is 10.5. The minimum Gasteiger partial charge on any atom is -0.497 e.